The molecule has 1 heterocycles. The summed E-state index contributed by atoms with van der Waals surface area (Å²) in [5, 5.41) is 3.18. The number of aromatic nitrogens is 2. The minimum Gasteiger partial charge on any atom is -0.370 e. The summed E-state index contributed by atoms with van der Waals surface area (Å²) < 4.78 is 0. The van der Waals surface area contributed by atoms with E-state index in [1.807, 2.05) is 27.0 Å². The van der Waals surface area contributed by atoms with Gasteiger partial charge in [-0.15, -0.1) is 0 Å². The van der Waals surface area contributed by atoms with E-state index in [1.165, 1.54) is 0 Å². The summed E-state index contributed by atoms with van der Waals surface area (Å²) in [4.78, 5) is 24.0. The topological polar surface area (TPSA) is 87.4 Å². The summed E-state index contributed by atoms with van der Waals surface area (Å²) >= 11 is 0. The van der Waals surface area contributed by atoms with Gasteiger partial charge in [0.15, 0.2) is 0 Å². The van der Waals surface area contributed by atoms with E-state index in [2.05, 4.69) is 22.2 Å². The van der Waals surface area contributed by atoms with Crippen molar-refractivity contribution in [2.24, 2.45) is 0 Å². The number of likely N-dealkylation sites (N-methyl/N-ethyl adjacent to an activating group) is 2. The van der Waals surface area contributed by atoms with Crippen LogP contribution >= 0.6 is 0 Å². The molecule has 0 aliphatic rings. The van der Waals surface area contributed by atoms with Crippen molar-refractivity contribution in [3.8, 4) is 0 Å². The molecule has 0 aliphatic carbocycles. The van der Waals surface area contributed by atoms with Gasteiger partial charge >= 0.3 is 0 Å². The van der Waals surface area contributed by atoms with Crippen molar-refractivity contribution in [3.05, 3.63) is 6.07 Å². The van der Waals surface area contributed by atoms with Crippen LogP contribution in [-0.4, -0.2) is 54.0 Å². The van der Waals surface area contributed by atoms with Gasteiger partial charge in [0.2, 0.25) is 11.9 Å². The monoisotopic (exact) mass is 294 g/mol. The Kier molecular flexibility index (Phi) is 6.71. The van der Waals surface area contributed by atoms with Gasteiger partial charge in [-0.1, -0.05) is 6.92 Å². The molecule has 0 spiro atoms. The average Bonchev–Trinajstić information content (AvgIpc) is 2.45. The highest BCUT2D eigenvalue weighted by Gasteiger charge is 2.14. The molecule has 0 saturated heterocycles. The van der Waals surface area contributed by atoms with Gasteiger partial charge in [0.1, 0.15) is 11.6 Å². The average molecular weight is 294 g/mol. The van der Waals surface area contributed by atoms with E-state index < -0.39 is 0 Å². The smallest absolute Gasteiger partial charge is 0.242 e. The second-order valence-electron chi connectivity index (χ2n) is 4.82. The van der Waals surface area contributed by atoms with Crippen LogP contribution in [0, 0.1) is 0 Å². The maximum atomic E-state index is 12.1. The molecule has 0 radical (unpaired) electrons. The first-order valence-corrected chi connectivity index (χ1v) is 7.39. The van der Waals surface area contributed by atoms with Crippen molar-refractivity contribution < 1.29 is 4.79 Å². The Morgan fingerprint density at radius 1 is 1.29 bits per heavy atom. The number of anilines is 3. The lowest BCUT2D eigenvalue weighted by atomic mass is 10.4. The molecule has 1 aromatic heterocycles. The zero-order valence-electron chi connectivity index (χ0n) is 13.4. The number of hydrogen-bond acceptors (Lipinski definition) is 6. The number of nitrogens with zero attached hydrogens (tertiary/aromatic N) is 4. The first kappa shape index (κ1) is 17.0. The Labute approximate surface area is 126 Å². The van der Waals surface area contributed by atoms with E-state index in [1.54, 1.807) is 9.80 Å². The summed E-state index contributed by atoms with van der Waals surface area (Å²) in [5.74, 6) is 1.60. The fraction of sp³-hybridized carbons (Fsp3) is 0.643. The Morgan fingerprint density at radius 3 is 2.52 bits per heavy atom. The van der Waals surface area contributed by atoms with E-state index in [0.717, 1.165) is 13.0 Å². The normalized spacial score (nSPS) is 10.3. The van der Waals surface area contributed by atoms with E-state index >= 15 is 0 Å². The molecule has 7 heteroatoms. The lowest BCUT2D eigenvalue weighted by Gasteiger charge is -2.24. The van der Waals surface area contributed by atoms with Crippen molar-refractivity contribution in [1.29, 1.82) is 0 Å². The lowest BCUT2D eigenvalue weighted by molar-refractivity contribution is -0.129. The Hall–Kier alpha value is -2.05. The number of rotatable bonds is 8. The SMILES string of the molecule is CCCNc1cc(N(C)CC(=O)N(CC)CC)nc(N)n1. The van der Waals surface area contributed by atoms with Crippen LogP contribution in [0.2, 0.25) is 0 Å². The summed E-state index contributed by atoms with van der Waals surface area (Å²) in [6, 6.07) is 1.81. The maximum absolute atomic E-state index is 12.1. The molecule has 118 valence electrons. The highest BCUT2D eigenvalue weighted by Crippen LogP contribution is 2.16. The van der Waals surface area contributed by atoms with Crippen LogP contribution in [0.25, 0.3) is 0 Å². The van der Waals surface area contributed by atoms with Crippen LogP contribution < -0.4 is 16.0 Å². The summed E-state index contributed by atoms with van der Waals surface area (Å²) in [6.45, 7) is 8.52. The number of amides is 1. The van der Waals surface area contributed by atoms with Crippen molar-refractivity contribution in [1.82, 2.24) is 14.9 Å². The van der Waals surface area contributed by atoms with Gasteiger partial charge in [-0.25, -0.2) is 0 Å². The molecule has 1 aromatic rings. The minimum absolute atomic E-state index is 0.0720. The van der Waals surface area contributed by atoms with Crippen LogP contribution in [0.15, 0.2) is 6.07 Å². The van der Waals surface area contributed by atoms with Crippen molar-refractivity contribution >= 4 is 23.5 Å². The number of nitrogens with one attached hydrogen (secondary N) is 1. The predicted octanol–water partition coefficient (Wildman–Crippen LogP) is 1.19. The molecule has 0 atom stereocenters. The minimum atomic E-state index is 0.0720. The van der Waals surface area contributed by atoms with Crippen molar-refractivity contribution in [2.45, 2.75) is 27.2 Å². The number of nitrogen functional groups attached to an aromatic ring is 1. The molecule has 0 aromatic carbocycles. The molecular formula is C14H26N6O. The third kappa shape index (κ3) is 5.09. The standard InChI is InChI=1S/C14H26N6O/c1-5-8-16-11-9-12(18-14(15)17-11)19(4)10-13(21)20(6-2)7-3/h9H,5-8,10H2,1-4H3,(H3,15,16,17,18). The molecule has 0 aliphatic heterocycles. The molecule has 0 fully saturated rings. The van der Waals surface area contributed by atoms with Gasteiger partial charge in [-0.2, -0.15) is 9.97 Å². The van der Waals surface area contributed by atoms with Crippen LogP contribution in [0.3, 0.4) is 0 Å². The number of carbonyl (C=O) groups is 1. The lowest BCUT2D eigenvalue weighted by Crippen LogP contribution is -2.39. The molecule has 21 heavy (non-hydrogen) atoms. The zero-order chi connectivity index (χ0) is 15.8. The van der Waals surface area contributed by atoms with Crippen molar-refractivity contribution in [3.63, 3.8) is 0 Å². The van der Waals surface area contributed by atoms with Gasteiger partial charge in [-0.05, 0) is 20.3 Å². The Balaban J connectivity index is 2.79. The fourth-order valence-corrected chi connectivity index (χ4v) is 1.95. The third-order valence-electron chi connectivity index (χ3n) is 3.17. The molecule has 1 rings (SSSR count). The second kappa shape index (κ2) is 8.28. The molecule has 1 amide bonds. The summed E-state index contributed by atoms with van der Waals surface area (Å²) in [7, 11) is 1.83. The molecule has 0 unspecified atom stereocenters. The zero-order valence-corrected chi connectivity index (χ0v) is 13.4. The van der Waals surface area contributed by atoms with Gasteiger partial charge < -0.3 is 20.9 Å². The van der Waals surface area contributed by atoms with Gasteiger partial charge in [0.05, 0.1) is 6.54 Å². The van der Waals surface area contributed by atoms with E-state index in [9.17, 15) is 4.79 Å². The fourth-order valence-electron chi connectivity index (χ4n) is 1.95. The van der Waals surface area contributed by atoms with Gasteiger partial charge in [-0.3, -0.25) is 4.79 Å². The number of nitrogens with two attached hydrogens (primary N) is 1. The molecule has 7 nitrogen and oxygen atoms in total. The Bertz CT molecular complexity index is 461. The summed E-state index contributed by atoms with van der Waals surface area (Å²) in [6.07, 6.45) is 0.996. The highest BCUT2D eigenvalue weighted by molar-refractivity contribution is 5.81. The first-order chi connectivity index (χ1) is 10.0. The number of carbonyl (C=O) groups excluding carboxylic acids is 1. The van der Waals surface area contributed by atoms with E-state index in [-0.39, 0.29) is 18.4 Å². The quantitative estimate of drug-likeness (QED) is 0.749. The predicted molar refractivity (Wildman–Crippen MR) is 86.4 cm³/mol. The third-order valence-corrected chi connectivity index (χ3v) is 3.17. The van der Waals surface area contributed by atoms with E-state index in [0.29, 0.717) is 24.7 Å². The van der Waals surface area contributed by atoms with Crippen LogP contribution in [0.4, 0.5) is 17.6 Å². The molecule has 0 saturated carbocycles. The first-order valence-electron chi connectivity index (χ1n) is 7.39. The van der Waals surface area contributed by atoms with Crippen LogP contribution in [0.1, 0.15) is 27.2 Å². The second-order valence-corrected chi connectivity index (χ2v) is 4.82. The van der Waals surface area contributed by atoms with E-state index in [4.69, 9.17) is 5.73 Å². The maximum Gasteiger partial charge on any atom is 0.242 e. The van der Waals surface area contributed by atoms with Crippen molar-refractivity contribution in [2.75, 3.05) is 49.2 Å². The molecule has 0 bridgehead atoms. The summed E-state index contributed by atoms with van der Waals surface area (Å²) in [5.41, 5.74) is 5.73. The molecule has 3 N–H and O–H groups in total. The Morgan fingerprint density at radius 2 is 1.95 bits per heavy atom. The number of hydrogen-bond donors (Lipinski definition) is 2. The molecular weight excluding hydrogens is 268 g/mol. The van der Waals surface area contributed by atoms with Gasteiger partial charge in [0.25, 0.3) is 0 Å². The van der Waals surface area contributed by atoms with Crippen LogP contribution in [-0.2, 0) is 4.79 Å². The van der Waals surface area contributed by atoms with Crippen LogP contribution in [0.5, 0.6) is 0 Å². The highest BCUT2D eigenvalue weighted by atomic mass is 16.2. The van der Waals surface area contributed by atoms with Gasteiger partial charge in [0, 0.05) is 32.7 Å². The largest absolute Gasteiger partial charge is 0.370 e.